The van der Waals surface area contributed by atoms with E-state index in [-0.39, 0.29) is 10.3 Å². The molecule has 0 aromatic heterocycles. The van der Waals surface area contributed by atoms with Crippen molar-refractivity contribution in [3.05, 3.63) is 23.8 Å². The van der Waals surface area contributed by atoms with Crippen LogP contribution in [0.1, 0.15) is 46.1 Å². The lowest BCUT2D eigenvalue weighted by molar-refractivity contribution is -0.439. The van der Waals surface area contributed by atoms with Crippen molar-refractivity contribution in [2.45, 2.75) is 50.8 Å². The zero-order chi connectivity index (χ0) is 15.1. The second-order valence-corrected chi connectivity index (χ2v) is 7.29. The molecule has 0 unspecified atom stereocenters. The second-order valence-electron chi connectivity index (χ2n) is 5.87. The van der Waals surface area contributed by atoms with Crippen LogP contribution in [0.3, 0.4) is 0 Å². The van der Waals surface area contributed by atoms with Gasteiger partial charge in [-0.15, -0.1) is 0 Å². The van der Waals surface area contributed by atoms with Crippen LogP contribution in [0, 0.1) is 0 Å². The van der Waals surface area contributed by atoms with Crippen molar-refractivity contribution in [1.29, 1.82) is 0 Å². The van der Waals surface area contributed by atoms with E-state index >= 15 is 0 Å². The van der Waals surface area contributed by atoms with Crippen molar-refractivity contribution in [2.24, 2.45) is 0 Å². The standard InChI is InChI=1S/C15H21NO3S/c1-5-6-9-16-11(2)15(3,4)13-10-12(20(17,18)19)7-8-14(13)16/h7-8,10H,5-6,9H2,1-4H3/p+1. The topological polar surface area (TPSA) is 57.4 Å². The SMILES string of the molecule is CCCC[N+]1=C(C)C(C)(C)c2cc(S(=O)(=O)O)ccc21. The summed E-state index contributed by atoms with van der Waals surface area (Å²) in [6.45, 7) is 9.34. The van der Waals surface area contributed by atoms with Crippen molar-refractivity contribution in [3.8, 4) is 0 Å². The third kappa shape index (κ3) is 2.40. The Labute approximate surface area is 120 Å². The molecule has 0 radical (unpaired) electrons. The van der Waals surface area contributed by atoms with E-state index in [9.17, 15) is 13.0 Å². The lowest BCUT2D eigenvalue weighted by atomic mass is 9.82. The fraction of sp³-hybridized carbons (Fsp3) is 0.533. The third-order valence-electron chi connectivity index (χ3n) is 4.27. The first-order chi connectivity index (χ1) is 9.19. The molecular formula is C15H22NO3S+. The summed E-state index contributed by atoms with van der Waals surface area (Å²) in [6.07, 6.45) is 2.20. The second kappa shape index (κ2) is 4.97. The minimum Gasteiger partial charge on any atom is -0.282 e. The van der Waals surface area contributed by atoms with Gasteiger partial charge in [0.15, 0.2) is 5.71 Å². The quantitative estimate of drug-likeness (QED) is 0.686. The van der Waals surface area contributed by atoms with Gasteiger partial charge in [-0.05, 0) is 26.0 Å². The molecule has 0 saturated carbocycles. The van der Waals surface area contributed by atoms with Crippen LogP contribution in [0.2, 0.25) is 0 Å². The van der Waals surface area contributed by atoms with Gasteiger partial charge in [0.1, 0.15) is 6.54 Å². The van der Waals surface area contributed by atoms with Gasteiger partial charge < -0.3 is 0 Å². The molecular weight excluding hydrogens is 274 g/mol. The predicted octanol–water partition coefficient (Wildman–Crippen LogP) is 3.13. The highest BCUT2D eigenvalue weighted by Gasteiger charge is 2.43. The van der Waals surface area contributed by atoms with E-state index in [1.54, 1.807) is 12.1 Å². The summed E-state index contributed by atoms with van der Waals surface area (Å²) >= 11 is 0. The highest BCUT2D eigenvalue weighted by molar-refractivity contribution is 7.85. The van der Waals surface area contributed by atoms with Crippen molar-refractivity contribution in [1.82, 2.24) is 0 Å². The Morgan fingerprint density at radius 2 is 1.95 bits per heavy atom. The summed E-state index contributed by atoms with van der Waals surface area (Å²) in [6, 6.07) is 4.87. The summed E-state index contributed by atoms with van der Waals surface area (Å²) in [5.41, 5.74) is 3.01. The molecule has 1 heterocycles. The Bertz CT molecular complexity index is 672. The maximum absolute atomic E-state index is 11.3. The number of rotatable bonds is 4. The molecule has 0 saturated heterocycles. The first kappa shape index (κ1) is 15.2. The van der Waals surface area contributed by atoms with Gasteiger partial charge in [-0.2, -0.15) is 13.0 Å². The molecule has 2 rings (SSSR count). The minimum absolute atomic E-state index is 0.0329. The van der Waals surface area contributed by atoms with Crippen molar-refractivity contribution >= 4 is 21.5 Å². The van der Waals surface area contributed by atoms with Gasteiger partial charge >= 0.3 is 0 Å². The molecule has 0 bridgehead atoms. The van der Waals surface area contributed by atoms with Crippen molar-refractivity contribution in [2.75, 3.05) is 6.54 Å². The third-order valence-corrected chi connectivity index (χ3v) is 5.12. The molecule has 5 heteroatoms. The van der Waals surface area contributed by atoms with E-state index in [0.29, 0.717) is 0 Å². The van der Waals surface area contributed by atoms with Crippen molar-refractivity contribution in [3.63, 3.8) is 0 Å². The van der Waals surface area contributed by atoms with Gasteiger partial charge in [-0.3, -0.25) is 4.55 Å². The van der Waals surface area contributed by atoms with Crippen LogP contribution in [-0.2, 0) is 15.5 Å². The molecule has 1 N–H and O–H groups in total. The zero-order valence-corrected chi connectivity index (χ0v) is 13.3. The zero-order valence-electron chi connectivity index (χ0n) is 12.5. The monoisotopic (exact) mass is 296 g/mol. The van der Waals surface area contributed by atoms with Gasteiger partial charge in [0.25, 0.3) is 10.1 Å². The van der Waals surface area contributed by atoms with E-state index < -0.39 is 10.1 Å². The van der Waals surface area contributed by atoms with E-state index in [4.69, 9.17) is 0 Å². The number of hydrogen-bond donors (Lipinski definition) is 1. The molecule has 0 atom stereocenters. The molecule has 1 aliphatic rings. The highest BCUT2D eigenvalue weighted by Crippen LogP contribution is 2.40. The first-order valence-corrected chi connectivity index (χ1v) is 8.37. The van der Waals surface area contributed by atoms with Gasteiger partial charge in [0.05, 0.1) is 10.3 Å². The smallest absolute Gasteiger partial charge is 0.282 e. The molecule has 0 aliphatic carbocycles. The Balaban J connectivity index is 2.57. The molecule has 0 amide bonds. The van der Waals surface area contributed by atoms with Crippen LogP contribution in [0.5, 0.6) is 0 Å². The van der Waals surface area contributed by atoms with E-state index in [0.717, 1.165) is 30.6 Å². The highest BCUT2D eigenvalue weighted by atomic mass is 32.2. The Kier molecular flexibility index (Phi) is 3.77. The van der Waals surface area contributed by atoms with Crippen LogP contribution in [-0.4, -0.2) is 29.8 Å². The number of nitrogens with zero attached hydrogens (tertiary/aromatic N) is 1. The van der Waals surface area contributed by atoms with Gasteiger partial charge in [0, 0.05) is 25.0 Å². The van der Waals surface area contributed by atoms with Crippen molar-refractivity contribution < 1.29 is 17.5 Å². The summed E-state index contributed by atoms with van der Waals surface area (Å²) in [5.74, 6) is 0. The lowest BCUT2D eigenvalue weighted by Gasteiger charge is -2.15. The van der Waals surface area contributed by atoms with Gasteiger partial charge in [0.2, 0.25) is 5.69 Å². The number of unbranched alkanes of at least 4 members (excludes halogenated alkanes) is 1. The number of fused-ring (bicyclic) bond motifs is 1. The van der Waals surface area contributed by atoms with E-state index in [1.807, 2.05) is 0 Å². The summed E-state index contributed by atoms with van der Waals surface area (Å²) < 4.78 is 34.1. The normalized spacial score (nSPS) is 17.4. The van der Waals surface area contributed by atoms with Crippen LogP contribution < -0.4 is 0 Å². The summed E-state index contributed by atoms with van der Waals surface area (Å²) in [4.78, 5) is -0.0329. The lowest BCUT2D eigenvalue weighted by Crippen LogP contribution is -2.26. The molecule has 110 valence electrons. The number of benzene rings is 1. The van der Waals surface area contributed by atoms with Gasteiger partial charge in [-0.1, -0.05) is 13.3 Å². The molecule has 0 spiro atoms. The molecule has 1 aliphatic heterocycles. The Morgan fingerprint density at radius 3 is 2.50 bits per heavy atom. The van der Waals surface area contributed by atoms with Gasteiger partial charge in [-0.25, -0.2) is 0 Å². The largest absolute Gasteiger partial charge is 0.294 e. The average molecular weight is 296 g/mol. The van der Waals surface area contributed by atoms with E-state index in [1.165, 1.54) is 11.8 Å². The maximum Gasteiger partial charge on any atom is 0.294 e. The average Bonchev–Trinajstić information content (AvgIpc) is 2.55. The Hall–Kier alpha value is -1.20. The Morgan fingerprint density at radius 1 is 1.30 bits per heavy atom. The first-order valence-electron chi connectivity index (χ1n) is 6.93. The maximum atomic E-state index is 11.3. The van der Waals surface area contributed by atoms with Crippen LogP contribution in [0.4, 0.5) is 5.69 Å². The molecule has 1 aromatic rings. The molecule has 1 aromatic carbocycles. The summed E-state index contributed by atoms with van der Waals surface area (Å²) in [5, 5.41) is 0. The van der Waals surface area contributed by atoms with Crippen LogP contribution in [0.15, 0.2) is 23.1 Å². The molecule has 0 fully saturated rings. The van der Waals surface area contributed by atoms with E-state index in [2.05, 4.69) is 32.3 Å². The fourth-order valence-electron chi connectivity index (χ4n) is 2.73. The summed E-state index contributed by atoms with van der Waals surface area (Å²) in [7, 11) is -4.15. The molecule has 20 heavy (non-hydrogen) atoms. The minimum atomic E-state index is -4.15. The number of hydrogen-bond acceptors (Lipinski definition) is 2. The predicted molar refractivity (Wildman–Crippen MR) is 79.7 cm³/mol. The fourth-order valence-corrected chi connectivity index (χ4v) is 3.24. The van der Waals surface area contributed by atoms with Crippen LogP contribution in [0.25, 0.3) is 0 Å². The molecule has 4 nitrogen and oxygen atoms in total. The van der Waals surface area contributed by atoms with Crippen LogP contribution >= 0.6 is 0 Å².